The Balaban J connectivity index is 2.44. The van der Waals surface area contributed by atoms with Crippen LogP contribution in [0.15, 0.2) is 0 Å². The molecule has 1 saturated carbocycles. The molecule has 0 radical (unpaired) electrons. The summed E-state index contributed by atoms with van der Waals surface area (Å²) in [5, 5.41) is 0. The zero-order valence-corrected chi connectivity index (χ0v) is 10.8. The van der Waals surface area contributed by atoms with E-state index >= 15 is 0 Å². The van der Waals surface area contributed by atoms with Gasteiger partial charge in [0.2, 0.25) is 5.91 Å². The highest BCUT2D eigenvalue weighted by Gasteiger charge is 2.30. The maximum atomic E-state index is 11.6. The van der Waals surface area contributed by atoms with Crippen LogP contribution in [0.1, 0.15) is 40.0 Å². The summed E-state index contributed by atoms with van der Waals surface area (Å²) >= 11 is 0. The van der Waals surface area contributed by atoms with E-state index < -0.39 is 5.41 Å². The van der Waals surface area contributed by atoms with Crippen LogP contribution in [0.4, 0.5) is 0 Å². The second-order valence-corrected chi connectivity index (χ2v) is 5.48. The Kier molecular flexibility index (Phi) is 4.74. The maximum Gasteiger partial charge on any atom is 0.240 e. The topological polar surface area (TPSA) is 58.4 Å². The standard InChI is InChI=1S/C12H25N3O/c1-4-15(8-10-6-5-7-10)9-12(2,3)11(16)14-13/h10H,4-9,13H2,1-3H3,(H,14,16). The lowest BCUT2D eigenvalue weighted by atomic mass is 9.84. The molecule has 0 aromatic heterocycles. The molecule has 0 bridgehead atoms. The number of carbonyl (C=O) groups is 1. The summed E-state index contributed by atoms with van der Waals surface area (Å²) in [6.07, 6.45) is 4.06. The van der Waals surface area contributed by atoms with Gasteiger partial charge < -0.3 is 4.90 Å². The molecule has 0 heterocycles. The van der Waals surface area contributed by atoms with Crippen LogP contribution in [0, 0.1) is 11.3 Å². The first-order chi connectivity index (χ1) is 7.49. The van der Waals surface area contributed by atoms with E-state index in [-0.39, 0.29) is 5.91 Å². The number of nitrogens with zero attached hydrogens (tertiary/aromatic N) is 1. The summed E-state index contributed by atoms with van der Waals surface area (Å²) in [5.41, 5.74) is 1.84. The Morgan fingerprint density at radius 3 is 2.50 bits per heavy atom. The second-order valence-electron chi connectivity index (χ2n) is 5.48. The molecular weight excluding hydrogens is 202 g/mol. The van der Waals surface area contributed by atoms with E-state index in [1.165, 1.54) is 19.3 Å². The molecule has 4 nitrogen and oxygen atoms in total. The van der Waals surface area contributed by atoms with Gasteiger partial charge in [0, 0.05) is 13.1 Å². The molecule has 0 spiro atoms. The Bertz CT molecular complexity index is 236. The van der Waals surface area contributed by atoms with Crippen LogP contribution < -0.4 is 11.3 Å². The van der Waals surface area contributed by atoms with Gasteiger partial charge in [-0.1, -0.05) is 13.3 Å². The minimum Gasteiger partial charge on any atom is -0.302 e. The molecule has 3 N–H and O–H groups in total. The summed E-state index contributed by atoms with van der Waals surface area (Å²) in [6, 6.07) is 0. The molecule has 16 heavy (non-hydrogen) atoms. The van der Waals surface area contributed by atoms with Crippen molar-refractivity contribution in [2.75, 3.05) is 19.6 Å². The quantitative estimate of drug-likeness (QED) is 0.406. The molecule has 1 aliphatic rings. The van der Waals surface area contributed by atoms with Gasteiger partial charge in [-0.2, -0.15) is 0 Å². The number of hydrogen-bond donors (Lipinski definition) is 2. The number of amides is 1. The average molecular weight is 227 g/mol. The monoisotopic (exact) mass is 227 g/mol. The number of rotatable bonds is 6. The lowest BCUT2D eigenvalue weighted by Crippen LogP contribution is -2.48. The van der Waals surface area contributed by atoms with Crippen molar-refractivity contribution in [1.82, 2.24) is 10.3 Å². The molecular formula is C12H25N3O. The number of carbonyl (C=O) groups excluding carboxylic acids is 1. The number of hydrogen-bond acceptors (Lipinski definition) is 3. The Morgan fingerprint density at radius 2 is 2.12 bits per heavy atom. The lowest BCUT2D eigenvalue weighted by molar-refractivity contribution is -0.130. The third-order valence-electron chi connectivity index (χ3n) is 3.55. The normalized spacial score (nSPS) is 17.3. The maximum absolute atomic E-state index is 11.6. The van der Waals surface area contributed by atoms with E-state index in [1.807, 2.05) is 13.8 Å². The van der Waals surface area contributed by atoms with Crippen LogP contribution in [0.25, 0.3) is 0 Å². The number of hydrazine groups is 1. The molecule has 0 atom stereocenters. The van der Waals surface area contributed by atoms with Crippen LogP contribution in [-0.4, -0.2) is 30.4 Å². The minimum absolute atomic E-state index is 0.0837. The Hall–Kier alpha value is -0.610. The van der Waals surface area contributed by atoms with Crippen molar-refractivity contribution < 1.29 is 4.79 Å². The highest BCUT2D eigenvalue weighted by Crippen LogP contribution is 2.28. The van der Waals surface area contributed by atoms with Crippen molar-refractivity contribution in [2.45, 2.75) is 40.0 Å². The molecule has 0 aromatic rings. The molecule has 1 aliphatic carbocycles. The molecule has 0 saturated heterocycles. The molecule has 1 rings (SSSR count). The highest BCUT2D eigenvalue weighted by atomic mass is 16.2. The van der Waals surface area contributed by atoms with Crippen LogP contribution >= 0.6 is 0 Å². The fourth-order valence-corrected chi connectivity index (χ4v) is 2.17. The van der Waals surface area contributed by atoms with Crippen molar-refractivity contribution in [3.8, 4) is 0 Å². The third-order valence-corrected chi connectivity index (χ3v) is 3.55. The van der Waals surface area contributed by atoms with Gasteiger partial charge in [-0.3, -0.25) is 10.2 Å². The summed E-state index contributed by atoms with van der Waals surface area (Å²) in [5.74, 6) is 5.96. The van der Waals surface area contributed by atoms with Crippen molar-refractivity contribution in [3.63, 3.8) is 0 Å². The van der Waals surface area contributed by atoms with Gasteiger partial charge in [-0.15, -0.1) is 0 Å². The summed E-state index contributed by atoms with van der Waals surface area (Å²) in [6.45, 7) is 8.94. The van der Waals surface area contributed by atoms with Crippen molar-refractivity contribution in [2.24, 2.45) is 17.2 Å². The van der Waals surface area contributed by atoms with Gasteiger partial charge in [0.25, 0.3) is 0 Å². The molecule has 0 aliphatic heterocycles. The predicted octanol–water partition coefficient (Wildman–Crippen LogP) is 1.12. The fraction of sp³-hybridized carbons (Fsp3) is 0.917. The molecule has 94 valence electrons. The summed E-state index contributed by atoms with van der Waals surface area (Å²) in [4.78, 5) is 14.0. The smallest absolute Gasteiger partial charge is 0.240 e. The van der Waals surface area contributed by atoms with Gasteiger partial charge >= 0.3 is 0 Å². The molecule has 4 heteroatoms. The number of nitrogens with two attached hydrogens (primary N) is 1. The Labute approximate surface area is 98.5 Å². The average Bonchev–Trinajstić information content (AvgIpc) is 2.19. The predicted molar refractivity (Wildman–Crippen MR) is 65.6 cm³/mol. The van der Waals surface area contributed by atoms with Crippen LogP contribution in [-0.2, 0) is 4.79 Å². The van der Waals surface area contributed by atoms with E-state index in [0.717, 1.165) is 25.6 Å². The van der Waals surface area contributed by atoms with Crippen LogP contribution in [0.5, 0.6) is 0 Å². The second kappa shape index (κ2) is 5.64. The highest BCUT2D eigenvalue weighted by molar-refractivity contribution is 5.81. The first kappa shape index (κ1) is 13.5. The first-order valence-corrected chi connectivity index (χ1v) is 6.23. The van der Waals surface area contributed by atoms with Gasteiger partial charge in [0.15, 0.2) is 0 Å². The Morgan fingerprint density at radius 1 is 1.50 bits per heavy atom. The van der Waals surface area contributed by atoms with E-state index in [9.17, 15) is 4.79 Å². The minimum atomic E-state index is -0.408. The molecule has 1 amide bonds. The number of nitrogens with one attached hydrogen (secondary N) is 1. The van der Waals surface area contributed by atoms with Gasteiger partial charge in [-0.05, 0) is 39.2 Å². The summed E-state index contributed by atoms with van der Waals surface area (Å²) in [7, 11) is 0. The zero-order valence-electron chi connectivity index (χ0n) is 10.8. The SMILES string of the molecule is CCN(CC1CCC1)CC(C)(C)C(=O)NN. The fourth-order valence-electron chi connectivity index (χ4n) is 2.17. The summed E-state index contributed by atoms with van der Waals surface area (Å²) < 4.78 is 0. The largest absolute Gasteiger partial charge is 0.302 e. The molecule has 0 aromatic carbocycles. The van der Waals surface area contributed by atoms with Crippen molar-refractivity contribution in [1.29, 1.82) is 0 Å². The van der Waals surface area contributed by atoms with Gasteiger partial charge in [0.1, 0.15) is 0 Å². The zero-order chi connectivity index (χ0) is 12.2. The van der Waals surface area contributed by atoms with Crippen molar-refractivity contribution in [3.05, 3.63) is 0 Å². The molecule has 0 unspecified atom stereocenters. The molecule has 1 fully saturated rings. The third kappa shape index (κ3) is 3.46. The van der Waals surface area contributed by atoms with Crippen LogP contribution in [0.3, 0.4) is 0 Å². The van der Waals surface area contributed by atoms with E-state index in [2.05, 4.69) is 17.2 Å². The first-order valence-electron chi connectivity index (χ1n) is 6.23. The van der Waals surface area contributed by atoms with Gasteiger partial charge in [0.05, 0.1) is 5.41 Å². The van der Waals surface area contributed by atoms with Crippen LogP contribution in [0.2, 0.25) is 0 Å². The van der Waals surface area contributed by atoms with E-state index in [4.69, 9.17) is 5.84 Å². The van der Waals surface area contributed by atoms with E-state index in [0.29, 0.717) is 0 Å². The lowest BCUT2D eigenvalue weighted by Gasteiger charge is -2.35. The van der Waals surface area contributed by atoms with E-state index in [1.54, 1.807) is 0 Å². The van der Waals surface area contributed by atoms with Crippen molar-refractivity contribution >= 4 is 5.91 Å². The van der Waals surface area contributed by atoms with Gasteiger partial charge in [-0.25, -0.2) is 5.84 Å².